The van der Waals surface area contributed by atoms with Crippen LogP contribution in [0.5, 0.6) is 5.75 Å². The smallest absolute Gasteiger partial charge is 0.416 e. The lowest BCUT2D eigenvalue weighted by atomic mass is 9.89. The van der Waals surface area contributed by atoms with Crippen molar-refractivity contribution in [1.29, 1.82) is 0 Å². The van der Waals surface area contributed by atoms with Crippen LogP contribution < -0.4 is 4.74 Å². The van der Waals surface area contributed by atoms with E-state index >= 15 is 0 Å². The first kappa shape index (κ1) is 19.6. The summed E-state index contributed by atoms with van der Waals surface area (Å²) in [5, 5.41) is 0.634. The Morgan fingerprint density at radius 1 is 1.04 bits per heavy atom. The van der Waals surface area contributed by atoms with Gasteiger partial charge in [-0.1, -0.05) is 44.5 Å². The molecule has 0 aliphatic carbocycles. The maximum Gasteiger partial charge on any atom is 0.416 e. The Morgan fingerprint density at radius 3 is 2.12 bits per heavy atom. The van der Waals surface area contributed by atoms with Gasteiger partial charge in [-0.25, -0.2) is 0 Å². The number of methoxy groups -OCH3 is 1. The second-order valence-electron chi connectivity index (χ2n) is 6.57. The summed E-state index contributed by atoms with van der Waals surface area (Å²) in [6, 6.07) is 9.77. The molecule has 0 saturated heterocycles. The Hall–Kier alpha value is -1.68. The van der Waals surface area contributed by atoms with Gasteiger partial charge in [-0.2, -0.15) is 13.2 Å². The van der Waals surface area contributed by atoms with Crippen LogP contribution in [0.15, 0.2) is 36.4 Å². The second kappa shape index (κ2) is 7.69. The van der Waals surface area contributed by atoms with Gasteiger partial charge in [0.1, 0.15) is 5.75 Å². The molecule has 0 fully saturated rings. The fourth-order valence-corrected chi connectivity index (χ4v) is 3.07. The molecule has 0 spiro atoms. The summed E-state index contributed by atoms with van der Waals surface area (Å²) >= 11 is 5.91. The highest BCUT2D eigenvalue weighted by Gasteiger charge is 2.33. The van der Waals surface area contributed by atoms with Crippen LogP contribution in [-0.4, -0.2) is 7.11 Å². The molecule has 1 atom stereocenters. The molecule has 1 nitrogen and oxygen atoms in total. The largest absolute Gasteiger partial charge is 0.496 e. The van der Waals surface area contributed by atoms with Gasteiger partial charge in [-0.3, -0.25) is 0 Å². The van der Waals surface area contributed by atoms with E-state index in [9.17, 15) is 13.2 Å². The molecule has 0 N–H and O–H groups in total. The number of benzene rings is 2. The third-order valence-electron chi connectivity index (χ3n) is 4.31. The van der Waals surface area contributed by atoms with Crippen molar-refractivity contribution in [3.63, 3.8) is 0 Å². The minimum Gasteiger partial charge on any atom is -0.496 e. The zero-order chi connectivity index (χ0) is 18.8. The maximum absolute atomic E-state index is 13.3. The average Bonchev–Trinajstić information content (AvgIpc) is 2.53. The molecular weight excluding hydrogens is 349 g/mol. The molecule has 0 heterocycles. The summed E-state index contributed by atoms with van der Waals surface area (Å²) in [5.74, 6) is 0.514. The second-order valence-corrected chi connectivity index (χ2v) is 7.00. The Labute approximate surface area is 151 Å². The highest BCUT2D eigenvalue weighted by molar-refractivity contribution is 6.30. The van der Waals surface area contributed by atoms with Crippen LogP contribution in [0.3, 0.4) is 0 Å². The van der Waals surface area contributed by atoms with Crippen LogP contribution in [0.4, 0.5) is 13.2 Å². The topological polar surface area (TPSA) is 9.23 Å². The number of hydrogen-bond donors (Lipinski definition) is 0. The molecule has 0 bridgehead atoms. The van der Waals surface area contributed by atoms with Crippen molar-refractivity contribution in [2.75, 3.05) is 7.11 Å². The third kappa shape index (κ3) is 4.69. The third-order valence-corrected chi connectivity index (χ3v) is 4.57. The predicted octanol–water partition coefficient (Wildman–Crippen LogP) is 6.84. The lowest BCUT2D eigenvalue weighted by Crippen LogP contribution is -2.10. The fraction of sp³-hybridized carbons (Fsp3) is 0.400. The summed E-state index contributed by atoms with van der Waals surface area (Å²) < 4.78 is 45.4. The van der Waals surface area contributed by atoms with E-state index in [1.54, 1.807) is 12.1 Å². The van der Waals surface area contributed by atoms with Gasteiger partial charge in [0.2, 0.25) is 0 Å². The molecule has 1 unspecified atom stereocenters. The average molecular weight is 371 g/mol. The highest BCUT2D eigenvalue weighted by Crippen LogP contribution is 2.39. The summed E-state index contributed by atoms with van der Waals surface area (Å²) in [6.07, 6.45) is -3.93. The van der Waals surface area contributed by atoms with Crippen molar-refractivity contribution in [2.45, 2.75) is 45.2 Å². The lowest BCUT2D eigenvalue weighted by molar-refractivity contribution is -0.137. The molecule has 2 aromatic carbocycles. The van der Waals surface area contributed by atoms with Crippen molar-refractivity contribution in [3.05, 3.63) is 63.7 Å². The SMILES string of the molecule is COc1c(CC(C)c2ccc(Cl)cc2)cc(C(F)(F)F)cc1C(C)C. The number of hydrogen-bond acceptors (Lipinski definition) is 1. The van der Waals surface area contributed by atoms with Gasteiger partial charge in [0.15, 0.2) is 0 Å². The van der Waals surface area contributed by atoms with E-state index in [1.165, 1.54) is 19.2 Å². The van der Waals surface area contributed by atoms with Gasteiger partial charge in [-0.15, -0.1) is 0 Å². The Morgan fingerprint density at radius 2 is 1.64 bits per heavy atom. The van der Waals surface area contributed by atoms with E-state index in [1.807, 2.05) is 32.9 Å². The monoisotopic (exact) mass is 370 g/mol. The van der Waals surface area contributed by atoms with Gasteiger partial charge in [0.25, 0.3) is 0 Å². The number of ether oxygens (including phenoxy) is 1. The molecule has 136 valence electrons. The van der Waals surface area contributed by atoms with Crippen molar-refractivity contribution in [1.82, 2.24) is 0 Å². The lowest BCUT2D eigenvalue weighted by Gasteiger charge is -2.21. The van der Waals surface area contributed by atoms with E-state index < -0.39 is 11.7 Å². The summed E-state index contributed by atoms with van der Waals surface area (Å²) in [4.78, 5) is 0. The molecule has 2 rings (SSSR count). The van der Waals surface area contributed by atoms with E-state index in [4.69, 9.17) is 16.3 Å². The summed E-state index contributed by atoms with van der Waals surface area (Å²) in [5.41, 5.74) is 1.55. The fourth-order valence-electron chi connectivity index (χ4n) is 2.95. The quantitative estimate of drug-likeness (QED) is 0.560. The first-order chi connectivity index (χ1) is 11.6. The minimum atomic E-state index is -4.38. The highest BCUT2D eigenvalue weighted by atomic mass is 35.5. The summed E-state index contributed by atoms with van der Waals surface area (Å²) in [7, 11) is 1.50. The Bertz CT molecular complexity index is 721. The molecule has 0 radical (unpaired) electrons. The first-order valence-electron chi connectivity index (χ1n) is 8.17. The standard InChI is InChI=1S/C20H22ClF3O/c1-12(2)18-11-16(20(22,23)24)10-15(19(18)25-4)9-13(3)14-5-7-17(21)8-6-14/h5-8,10-13H,9H2,1-4H3. The van der Waals surface area contributed by atoms with Crippen LogP contribution in [0.2, 0.25) is 5.02 Å². The number of alkyl halides is 3. The normalized spacial score (nSPS) is 13.2. The molecule has 2 aromatic rings. The van der Waals surface area contributed by atoms with Crippen molar-refractivity contribution in [2.24, 2.45) is 0 Å². The Balaban J connectivity index is 2.47. The van der Waals surface area contributed by atoms with Crippen molar-refractivity contribution in [3.8, 4) is 5.75 Å². The van der Waals surface area contributed by atoms with Gasteiger partial charge >= 0.3 is 6.18 Å². The van der Waals surface area contributed by atoms with Crippen LogP contribution in [0, 0.1) is 0 Å². The van der Waals surface area contributed by atoms with Crippen LogP contribution in [-0.2, 0) is 12.6 Å². The number of halogens is 4. The first-order valence-corrected chi connectivity index (χ1v) is 8.54. The number of rotatable bonds is 5. The zero-order valence-corrected chi connectivity index (χ0v) is 15.5. The maximum atomic E-state index is 13.3. The molecule has 0 amide bonds. The van der Waals surface area contributed by atoms with E-state index in [0.717, 1.165) is 5.56 Å². The zero-order valence-electron chi connectivity index (χ0n) is 14.7. The molecule has 0 aromatic heterocycles. The molecule has 5 heteroatoms. The molecule has 0 aliphatic heterocycles. The van der Waals surface area contributed by atoms with E-state index in [0.29, 0.717) is 28.3 Å². The minimum absolute atomic E-state index is 0.0367. The Kier molecular flexibility index (Phi) is 6.04. The molecule has 0 saturated carbocycles. The summed E-state index contributed by atoms with van der Waals surface area (Å²) in [6.45, 7) is 5.72. The van der Waals surface area contributed by atoms with E-state index in [2.05, 4.69) is 0 Å². The van der Waals surface area contributed by atoms with Gasteiger partial charge in [0.05, 0.1) is 12.7 Å². The van der Waals surface area contributed by atoms with Crippen molar-refractivity contribution < 1.29 is 17.9 Å². The molecule has 25 heavy (non-hydrogen) atoms. The molecular formula is C20H22ClF3O. The van der Waals surface area contributed by atoms with E-state index in [-0.39, 0.29) is 11.8 Å². The van der Waals surface area contributed by atoms with Crippen LogP contribution >= 0.6 is 11.6 Å². The van der Waals surface area contributed by atoms with Crippen molar-refractivity contribution >= 4 is 11.6 Å². The predicted molar refractivity (Wildman–Crippen MR) is 95.7 cm³/mol. The van der Waals surface area contributed by atoms with Crippen LogP contribution in [0.1, 0.15) is 54.9 Å². The van der Waals surface area contributed by atoms with Crippen LogP contribution in [0.25, 0.3) is 0 Å². The molecule has 0 aliphatic rings. The van der Waals surface area contributed by atoms with Gasteiger partial charge in [-0.05, 0) is 59.2 Å². The van der Waals surface area contributed by atoms with Gasteiger partial charge in [0, 0.05) is 5.02 Å². The van der Waals surface area contributed by atoms with Gasteiger partial charge < -0.3 is 4.74 Å².